The first-order chi connectivity index (χ1) is 8.69. The van der Waals surface area contributed by atoms with Crippen molar-refractivity contribution in [2.75, 3.05) is 6.61 Å². The Bertz CT molecular complexity index is 402. The average molecular weight is 273 g/mol. The van der Waals surface area contributed by atoms with Crippen molar-refractivity contribution in [2.45, 2.75) is 25.0 Å². The molecule has 18 heavy (non-hydrogen) atoms. The van der Waals surface area contributed by atoms with E-state index in [4.69, 9.17) is 14.2 Å². The highest BCUT2D eigenvalue weighted by molar-refractivity contribution is 7.32. The predicted octanol–water partition coefficient (Wildman–Crippen LogP) is 0.998. The van der Waals surface area contributed by atoms with Gasteiger partial charge in [-0.3, -0.25) is 4.57 Å². The zero-order chi connectivity index (χ0) is 13.0. The molecule has 0 amide bonds. The summed E-state index contributed by atoms with van der Waals surface area (Å²) in [5, 5.41) is 9.21. The van der Waals surface area contributed by atoms with Crippen LogP contribution in [0.1, 0.15) is 12.8 Å². The van der Waals surface area contributed by atoms with Gasteiger partial charge in [0.2, 0.25) is 5.88 Å². The Kier molecular flexibility index (Phi) is 4.72. The number of aliphatic hydroxyl groups is 1. The summed E-state index contributed by atoms with van der Waals surface area (Å²) in [5.74, 6) is 0.344. The van der Waals surface area contributed by atoms with E-state index in [-0.39, 0.29) is 18.6 Å². The van der Waals surface area contributed by atoms with Crippen molar-refractivity contribution in [2.24, 2.45) is 5.92 Å². The van der Waals surface area contributed by atoms with E-state index in [9.17, 15) is 9.67 Å². The van der Waals surface area contributed by atoms with Crippen molar-refractivity contribution in [3.05, 3.63) is 24.4 Å². The van der Waals surface area contributed by atoms with Crippen LogP contribution in [0.5, 0.6) is 5.88 Å². The van der Waals surface area contributed by atoms with Gasteiger partial charge in [-0.05, 0) is 12.5 Å². The Morgan fingerprint density at radius 3 is 2.89 bits per heavy atom. The zero-order valence-electron chi connectivity index (χ0n) is 9.73. The molecular weight excluding hydrogens is 257 g/mol. The van der Waals surface area contributed by atoms with Crippen LogP contribution in [0, 0.1) is 5.92 Å². The SMILES string of the molecule is O=[PH](O)OC1C[C@H](Oc2ccccn2)C[C@@H]1CO. The lowest BCUT2D eigenvalue weighted by molar-refractivity contribution is 0.105. The maximum atomic E-state index is 10.7. The Morgan fingerprint density at radius 2 is 2.28 bits per heavy atom. The number of aliphatic hydroxyl groups excluding tert-OH is 1. The second-order valence-electron chi connectivity index (χ2n) is 4.24. The zero-order valence-corrected chi connectivity index (χ0v) is 10.7. The Hall–Kier alpha value is -0.940. The van der Waals surface area contributed by atoms with Gasteiger partial charge in [-0.25, -0.2) is 4.98 Å². The van der Waals surface area contributed by atoms with Crippen LogP contribution in [-0.4, -0.2) is 33.8 Å². The van der Waals surface area contributed by atoms with Crippen molar-refractivity contribution >= 4 is 8.25 Å². The molecule has 0 radical (unpaired) electrons. The third kappa shape index (κ3) is 3.53. The topological polar surface area (TPSA) is 88.9 Å². The van der Waals surface area contributed by atoms with Gasteiger partial charge in [0.1, 0.15) is 6.10 Å². The standard InChI is InChI=1S/C11H16NO5P/c13-7-8-5-9(6-10(8)17-18(14)15)16-11-3-1-2-4-12-11/h1-4,8-10,13,18H,5-7H2,(H,14,15)/t8-,9-,10?/m1/s1. The number of ether oxygens (including phenoxy) is 1. The van der Waals surface area contributed by atoms with Crippen LogP contribution in [-0.2, 0) is 9.09 Å². The normalized spacial score (nSPS) is 29.1. The van der Waals surface area contributed by atoms with Gasteiger partial charge in [-0.1, -0.05) is 6.07 Å². The van der Waals surface area contributed by atoms with Gasteiger partial charge < -0.3 is 19.3 Å². The van der Waals surface area contributed by atoms with E-state index in [1.54, 1.807) is 18.3 Å². The van der Waals surface area contributed by atoms with Gasteiger partial charge in [-0.15, -0.1) is 0 Å². The molecular formula is C11H16NO5P. The first-order valence-corrected chi connectivity index (χ1v) is 7.03. The summed E-state index contributed by atoms with van der Waals surface area (Å²) < 4.78 is 21.3. The van der Waals surface area contributed by atoms with Crippen LogP contribution in [0.4, 0.5) is 0 Å². The Morgan fingerprint density at radius 1 is 1.44 bits per heavy atom. The molecule has 0 saturated heterocycles. The maximum absolute atomic E-state index is 10.7. The van der Waals surface area contributed by atoms with Crippen LogP contribution in [0.25, 0.3) is 0 Å². The lowest BCUT2D eigenvalue weighted by atomic mass is 10.1. The number of hydrogen-bond acceptors (Lipinski definition) is 5. The third-order valence-electron chi connectivity index (χ3n) is 3.00. The fraction of sp³-hybridized carbons (Fsp3) is 0.545. The molecule has 7 heteroatoms. The molecule has 2 N–H and O–H groups in total. The predicted molar refractivity (Wildman–Crippen MR) is 64.6 cm³/mol. The van der Waals surface area contributed by atoms with Crippen molar-refractivity contribution in [3.8, 4) is 5.88 Å². The highest BCUT2D eigenvalue weighted by Gasteiger charge is 2.37. The molecule has 1 saturated carbocycles. The molecule has 0 aliphatic heterocycles. The highest BCUT2D eigenvalue weighted by atomic mass is 31.1. The van der Waals surface area contributed by atoms with Gasteiger partial charge in [0.25, 0.3) is 0 Å². The van der Waals surface area contributed by atoms with E-state index in [1.807, 2.05) is 6.07 Å². The third-order valence-corrected chi connectivity index (χ3v) is 3.50. The van der Waals surface area contributed by atoms with Crippen LogP contribution in [0.3, 0.4) is 0 Å². The molecule has 6 nitrogen and oxygen atoms in total. The fourth-order valence-electron chi connectivity index (χ4n) is 2.19. The molecule has 0 spiro atoms. The second-order valence-corrected chi connectivity index (χ2v) is 5.01. The molecule has 1 aromatic heterocycles. The second kappa shape index (κ2) is 6.29. The van der Waals surface area contributed by atoms with Gasteiger partial charge in [0.15, 0.2) is 0 Å². The van der Waals surface area contributed by atoms with Gasteiger partial charge in [-0.2, -0.15) is 0 Å². The Balaban J connectivity index is 1.94. The summed E-state index contributed by atoms with van der Waals surface area (Å²) in [4.78, 5) is 12.8. The number of pyridine rings is 1. The number of rotatable bonds is 5. The van der Waals surface area contributed by atoms with E-state index in [0.717, 1.165) is 0 Å². The number of nitrogens with zero attached hydrogens (tertiary/aromatic N) is 1. The summed E-state index contributed by atoms with van der Waals surface area (Å²) in [6.45, 7) is -0.0815. The minimum atomic E-state index is -2.99. The van der Waals surface area contributed by atoms with E-state index >= 15 is 0 Å². The van der Waals surface area contributed by atoms with Crippen LogP contribution < -0.4 is 4.74 Å². The number of aromatic nitrogens is 1. The quantitative estimate of drug-likeness (QED) is 0.778. The summed E-state index contributed by atoms with van der Waals surface area (Å²) in [7, 11) is -2.99. The summed E-state index contributed by atoms with van der Waals surface area (Å²) >= 11 is 0. The summed E-state index contributed by atoms with van der Waals surface area (Å²) in [6, 6.07) is 5.36. The molecule has 1 aliphatic rings. The molecule has 0 bridgehead atoms. The first kappa shape index (κ1) is 13.5. The number of hydrogen-bond donors (Lipinski definition) is 2. The minimum Gasteiger partial charge on any atom is -0.474 e. The monoisotopic (exact) mass is 273 g/mol. The van der Waals surface area contributed by atoms with Crippen LogP contribution >= 0.6 is 8.25 Å². The molecule has 1 fully saturated rings. The van der Waals surface area contributed by atoms with Crippen LogP contribution in [0.15, 0.2) is 24.4 Å². The molecule has 2 rings (SSSR count). The van der Waals surface area contributed by atoms with Gasteiger partial charge in [0, 0.05) is 31.2 Å². The molecule has 2 unspecified atom stereocenters. The fourth-order valence-corrected chi connectivity index (χ4v) is 2.73. The highest BCUT2D eigenvalue weighted by Crippen LogP contribution is 2.35. The lowest BCUT2D eigenvalue weighted by Crippen LogP contribution is -2.18. The minimum absolute atomic E-state index is 0.0815. The molecule has 1 aliphatic carbocycles. The summed E-state index contributed by atoms with van der Waals surface area (Å²) in [6.07, 6.45) is 2.13. The molecule has 4 atom stereocenters. The van der Waals surface area contributed by atoms with Crippen molar-refractivity contribution in [3.63, 3.8) is 0 Å². The van der Waals surface area contributed by atoms with Crippen LogP contribution in [0.2, 0.25) is 0 Å². The molecule has 0 aromatic carbocycles. The molecule has 1 aromatic rings. The maximum Gasteiger partial charge on any atom is 0.316 e. The van der Waals surface area contributed by atoms with E-state index in [2.05, 4.69) is 4.98 Å². The van der Waals surface area contributed by atoms with Crippen molar-refractivity contribution < 1.29 is 23.8 Å². The largest absolute Gasteiger partial charge is 0.474 e. The smallest absolute Gasteiger partial charge is 0.316 e. The summed E-state index contributed by atoms with van der Waals surface area (Å²) in [5.41, 5.74) is 0. The van der Waals surface area contributed by atoms with Crippen molar-refractivity contribution in [1.29, 1.82) is 0 Å². The van der Waals surface area contributed by atoms with E-state index < -0.39 is 14.4 Å². The molecule has 100 valence electrons. The van der Waals surface area contributed by atoms with E-state index in [1.165, 1.54) is 0 Å². The lowest BCUT2D eigenvalue weighted by Gasteiger charge is -2.14. The van der Waals surface area contributed by atoms with E-state index in [0.29, 0.717) is 18.7 Å². The molecule has 1 heterocycles. The van der Waals surface area contributed by atoms with Gasteiger partial charge in [0.05, 0.1) is 6.10 Å². The van der Waals surface area contributed by atoms with Gasteiger partial charge >= 0.3 is 8.25 Å². The first-order valence-electron chi connectivity index (χ1n) is 5.77. The van der Waals surface area contributed by atoms with Crippen molar-refractivity contribution in [1.82, 2.24) is 4.98 Å². The average Bonchev–Trinajstić information content (AvgIpc) is 2.71. The Labute approximate surface area is 106 Å².